The molecule has 0 fully saturated rings. The van der Waals surface area contributed by atoms with E-state index in [1.54, 1.807) is 0 Å². The standard InChI is InChI=1S/C18H15P.C2H6O4S/c1-4-10-16(11-5-1)19(17-12-6-2-7-13-17)18-14-8-3-9-15-18;1-2-6-7(3,4)5/h1-15H;2H2,1H3,(H,3,4,5). The molecule has 0 bridgehead atoms. The van der Waals surface area contributed by atoms with Crippen LogP contribution in [0.2, 0.25) is 0 Å². The van der Waals surface area contributed by atoms with Crippen LogP contribution in [0, 0.1) is 0 Å². The molecule has 0 atom stereocenters. The lowest BCUT2D eigenvalue weighted by molar-refractivity contribution is 0.283. The highest BCUT2D eigenvalue weighted by atomic mass is 32.3. The molecule has 0 saturated heterocycles. The molecule has 3 aromatic carbocycles. The lowest BCUT2D eigenvalue weighted by Crippen LogP contribution is -2.20. The van der Waals surface area contributed by atoms with Gasteiger partial charge in [-0.05, 0) is 30.8 Å². The van der Waals surface area contributed by atoms with Crippen LogP contribution in [0.15, 0.2) is 91.0 Å². The van der Waals surface area contributed by atoms with Crippen molar-refractivity contribution in [2.75, 3.05) is 6.61 Å². The lowest BCUT2D eigenvalue weighted by atomic mass is 10.4. The SMILES string of the molecule is CCOS(=O)(=O)O.c1ccc(P(c2ccccc2)c2ccccc2)cc1. The van der Waals surface area contributed by atoms with E-state index >= 15 is 0 Å². The normalized spacial score (nSPS) is 10.9. The molecule has 0 aliphatic rings. The van der Waals surface area contributed by atoms with Crippen LogP contribution >= 0.6 is 7.92 Å². The van der Waals surface area contributed by atoms with Gasteiger partial charge in [-0.25, -0.2) is 4.18 Å². The molecule has 0 saturated carbocycles. The summed E-state index contributed by atoms with van der Waals surface area (Å²) in [5.74, 6) is 0. The first-order chi connectivity index (χ1) is 12.5. The van der Waals surface area contributed by atoms with E-state index in [2.05, 4.69) is 95.2 Å². The largest absolute Gasteiger partial charge is 0.397 e. The third kappa shape index (κ3) is 6.70. The predicted molar refractivity (Wildman–Crippen MR) is 108 cm³/mol. The van der Waals surface area contributed by atoms with E-state index in [9.17, 15) is 8.42 Å². The number of hydrogen-bond acceptors (Lipinski definition) is 3. The first-order valence-corrected chi connectivity index (χ1v) is 10.8. The highest BCUT2D eigenvalue weighted by Gasteiger charge is 2.14. The molecule has 1 N–H and O–H groups in total. The summed E-state index contributed by atoms with van der Waals surface area (Å²) in [6.45, 7) is 1.44. The Morgan fingerprint density at radius 2 is 1.04 bits per heavy atom. The monoisotopic (exact) mass is 388 g/mol. The summed E-state index contributed by atoms with van der Waals surface area (Å²) in [5, 5.41) is 4.19. The molecule has 6 heteroatoms. The second-order valence-electron chi connectivity index (χ2n) is 5.18. The van der Waals surface area contributed by atoms with Gasteiger partial charge in [-0.1, -0.05) is 91.0 Å². The van der Waals surface area contributed by atoms with Gasteiger partial charge in [0.2, 0.25) is 0 Å². The van der Waals surface area contributed by atoms with Crippen LogP contribution in [0.25, 0.3) is 0 Å². The Morgan fingerprint density at radius 3 is 1.23 bits per heavy atom. The Bertz CT molecular complexity index is 776. The van der Waals surface area contributed by atoms with Gasteiger partial charge < -0.3 is 0 Å². The van der Waals surface area contributed by atoms with E-state index in [0.29, 0.717) is 0 Å². The van der Waals surface area contributed by atoms with Crippen LogP contribution in [-0.4, -0.2) is 19.6 Å². The molecule has 3 aromatic rings. The summed E-state index contributed by atoms with van der Waals surface area (Å²) in [6.07, 6.45) is 0. The molecule has 3 rings (SSSR count). The molecule has 0 spiro atoms. The second-order valence-corrected chi connectivity index (χ2v) is 8.49. The van der Waals surface area contributed by atoms with Gasteiger partial charge in [-0.3, -0.25) is 4.55 Å². The molecule has 0 radical (unpaired) electrons. The van der Waals surface area contributed by atoms with Crippen LogP contribution in [0.4, 0.5) is 0 Å². The lowest BCUT2D eigenvalue weighted by Gasteiger charge is -2.18. The summed E-state index contributed by atoms with van der Waals surface area (Å²) >= 11 is 0. The van der Waals surface area contributed by atoms with Gasteiger partial charge in [0.25, 0.3) is 0 Å². The average molecular weight is 388 g/mol. The molecule has 136 valence electrons. The Labute approximate surface area is 156 Å². The van der Waals surface area contributed by atoms with Crippen LogP contribution in [-0.2, 0) is 14.6 Å². The summed E-state index contributed by atoms with van der Waals surface area (Å²) in [5.41, 5.74) is 0. The molecule has 0 aromatic heterocycles. The quantitative estimate of drug-likeness (QED) is 0.538. The van der Waals surface area contributed by atoms with Crippen LogP contribution in [0.5, 0.6) is 0 Å². The van der Waals surface area contributed by atoms with Gasteiger partial charge in [0.15, 0.2) is 0 Å². The van der Waals surface area contributed by atoms with Crippen molar-refractivity contribution >= 4 is 34.2 Å². The fraction of sp³-hybridized carbons (Fsp3) is 0.100. The van der Waals surface area contributed by atoms with Crippen molar-refractivity contribution in [1.29, 1.82) is 0 Å². The molecule has 4 nitrogen and oxygen atoms in total. The third-order valence-corrected chi connectivity index (χ3v) is 6.29. The highest BCUT2D eigenvalue weighted by molar-refractivity contribution is 7.81. The van der Waals surface area contributed by atoms with E-state index in [1.165, 1.54) is 22.8 Å². The maximum atomic E-state index is 9.56. The minimum atomic E-state index is -4.17. The molecule has 0 aliphatic carbocycles. The predicted octanol–water partition coefficient (Wildman–Crippen LogP) is 3.27. The van der Waals surface area contributed by atoms with Crippen molar-refractivity contribution < 1.29 is 17.2 Å². The van der Waals surface area contributed by atoms with Gasteiger partial charge in [0, 0.05) is 0 Å². The van der Waals surface area contributed by atoms with E-state index in [1.807, 2.05) is 0 Å². The molecule has 0 unspecified atom stereocenters. The minimum Gasteiger partial charge on any atom is -0.264 e. The average Bonchev–Trinajstić information content (AvgIpc) is 2.64. The molecule has 0 aliphatic heterocycles. The van der Waals surface area contributed by atoms with Crippen molar-refractivity contribution in [2.45, 2.75) is 6.92 Å². The highest BCUT2D eigenvalue weighted by Crippen LogP contribution is 2.32. The maximum Gasteiger partial charge on any atom is 0.397 e. The van der Waals surface area contributed by atoms with Gasteiger partial charge >= 0.3 is 10.4 Å². The zero-order chi connectivity index (χ0) is 18.8. The fourth-order valence-electron chi connectivity index (χ4n) is 2.33. The van der Waals surface area contributed by atoms with Crippen LogP contribution in [0.3, 0.4) is 0 Å². The smallest absolute Gasteiger partial charge is 0.264 e. The minimum absolute atomic E-state index is 0.0289. The van der Waals surface area contributed by atoms with Crippen LogP contribution < -0.4 is 15.9 Å². The Morgan fingerprint density at radius 1 is 0.731 bits per heavy atom. The molecule has 26 heavy (non-hydrogen) atoms. The first kappa shape index (κ1) is 20.3. The van der Waals surface area contributed by atoms with E-state index in [4.69, 9.17) is 4.55 Å². The van der Waals surface area contributed by atoms with E-state index in [-0.39, 0.29) is 6.61 Å². The topological polar surface area (TPSA) is 63.6 Å². The number of hydrogen-bond donors (Lipinski definition) is 1. The third-order valence-electron chi connectivity index (χ3n) is 3.31. The first-order valence-electron chi connectivity index (χ1n) is 8.08. The molecular formula is C20H21O4PS. The second kappa shape index (κ2) is 10.2. The number of rotatable bonds is 5. The number of benzene rings is 3. The summed E-state index contributed by atoms with van der Waals surface area (Å²) in [7, 11) is -4.62. The van der Waals surface area contributed by atoms with Crippen molar-refractivity contribution in [1.82, 2.24) is 0 Å². The zero-order valence-corrected chi connectivity index (χ0v) is 16.1. The summed E-state index contributed by atoms with van der Waals surface area (Å²) in [6, 6.07) is 32.3. The van der Waals surface area contributed by atoms with E-state index in [0.717, 1.165) is 0 Å². The molecule has 0 amide bonds. The van der Waals surface area contributed by atoms with Crippen molar-refractivity contribution in [3.8, 4) is 0 Å². The summed E-state index contributed by atoms with van der Waals surface area (Å²) in [4.78, 5) is 0. The summed E-state index contributed by atoms with van der Waals surface area (Å²) < 4.78 is 30.7. The maximum absolute atomic E-state index is 9.56. The van der Waals surface area contributed by atoms with E-state index < -0.39 is 18.3 Å². The van der Waals surface area contributed by atoms with Crippen molar-refractivity contribution in [3.63, 3.8) is 0 Å². The van der Waals surface area contributed by atoms with Crippen molar-refractivity contribution in [2.24, 2.45) is 0 Å². The van der Waals surface area contributed by atoms with Gasteiger partial charge in [0.1, 0.15) is 0 Å². The van der Waals surface area contributed by atoms with Gasteiger partial charge in [-0.2, -0.15) is 8.42 Å². The Hall–Kier alpha value is -2.04. The fourth-order valence-corrected chi connectivity index (χ4v) is 4.93. The van der Waals surface area contributed by atoms with Gasteiger partial charge in [-0.15, -0.1) is 0 Å². The Balaban J connectivity index is 0.000000298. The van der Waals surface area contributed by atoms with Crippen molar-refractivity contribution in [3.05, 3.63) is 91.0 Å². The zero-order valence-electron chi connectivity index (χ0n) is 14.4. The molecule has 0 heterocycles. The van der Waals surface area contributed by atoms with Gasteiger partial charge in [0.05, 0.1) is 6.61 Å². The molecular weight excluding hydrogens is 367 g/mol. The van der Waals surface area contributed by atoms with Crippen LogP contribution in [0.1, 0.15) is 6.92 Å². The Kier molecular flexibility index (Phi) is 7.95.